The van der Waals surface area contributed by atoms with Gasteiger partial charge in [-0.1, -0.05) is 6.92 Å². The maximum absolute atomic E-state index is 11.2. The molecule has 0 aromatic rings. The Morgan fingerprint density at radius 3 is 2.50 bits per heavy atom. The van der Waals surface area contributed by atoms with Crippen molar-refractivity contribution in [1.82, 2.24) is 4.90 Å². The van der Waals surface area contributed by atoms with Gasteiger partial charge in [-0.05, 0) is 50.3 Å². The van der Waals surface area contributed by atoms with E-state index < -0.39 is 0 Å². The summed E-state index contributed by atoms with van der Waals surface area (Å²) in [6.45, 7) is 4.69. The van der Waals surface area contributed by atoms with Crippen LogP contribution in [-0.4, -0.2) is 31.6 Å². The first-order chi connectivity index (χ1) is 5.81. The predicted octanol–water partition coefficient (Wildman–Crippen LogP) is 2.40. The molecule has 0 rings (SSSR count). The third-order valence-corrected chi connectivity index (χ3v) is 1.87. The molecular formula is C9H20FNO. The molecule has 0 aromatic heterocycles. The summed E-state index contributed by atoms with van der Waals surface area (Å²) in [6, 6.07) is 0. The summed E-state index contributed by atoms with van der Waals surface area (Å²) in [5.74, 6) is 0. The van der Waals surface area contributed by atoms with Crippen LogP contribution < -0.4 is 0 Å². The zero-order valence-corrected chi connectivity index (χ0v) is 8.18. The third-order valence-electron chi connectivity index (χ3n) is 1.87. The van der Waals surface area contributed by atoms with E-state index >= 15 is 0 Å². The van der Waals surface area contributed by atoms with Crippen molar-refractivity contribution >= 4 is 0 Å². The van der Waals surface area contributed by atoms with Gasteiger partial charge in [-0.3, -0.25) is 0 Å². The van der Waals surface area contributed by atoms with Crippen LogP contribution in [0.1, 0.15) is 32.6 Å². The Morgan fingerprint density at radius 1 is 1.17 bits per heavy atom. The van der Waals surface area contributed by atoms with E-state index in [1.165, 1.54) is 6.42 Å². The van der Waals surface area contributed by atoms with Gasteiger partial charge in [0.1, 0.15) is 0 Å². The van der Waals surface area contributed by atoms with E-state index in [4.69, 9.17) is 0 Å². The molecule has 2 nitrogen and oxygen atoms in total. The van der Waals surface area contributed by atoms with Gasteiger partial charge in [-0.25, -0.2) is 0 Å². The van der Waals surface area contributed by atoms with Crippen LogP contribution >= 0.6 is 0 Å². The number of hydrogen-bond donors (Lipinski definition) is 0. The summed E-state index contributed by atoms with van der Waals surface area (Å²) in [4.78, 5) is 5.78. The largest absolute Gasteiger partial charge is 0.306 e. The van der Waals surface area contributed by atoms with E-state index in [-0.39, 0.29) is 6.61 Å². The molecule has 12 heavy (non-hydrogen) atoms. The van der Waals surface area contributed by atoms with Crippen molar-refractivity contribution in [2.75, 3.05) is 26.7 Å². The first kappa shape index (κ1) is 11.8. The molecule has 74 valence electrons. The van der Waals surface area contributed by atoms with Gasteiger partial charge < -0.3 is 4.90 Å². The van der Waals surface area contributed by atoms with Crippen LogP contribution in [0.2, 0.25) is 0 Å². The van der Waals surface area contributed by atoms with Crippen LogP contribution in [0.4, 0.5) is 4.53 Å². The highest BCUT2D eigenvalue weighted by molar-refractivity contribution is 4.50. The molecule has 0 saturated heterocycles. The summed E-state index contributed by atoms with van der Waals surface area (Å²) in [5.41, 5.74) is 0. The second-order valence-corrected chi connectivity index (χ2v) is 3.18. The highest BCUT2D eigenvalue weighted by Crippen LogP contribution is 1.98. The van der Waals surface area contributed by atoms with Crippen molar-refractivity contribution in [1.29, 1.82) is 0 Å². The zero-order valence-electron chi connectivity index (χ0n) is 8.18. The smallest absolute Gasteiger partial charge is 0.0876 e. The van der Waals surface area contributed by atoms with Gasteiger partial charge in [0.15, 0.2) is 0 Å². The second-order valence-electron chi connectivity index (χ2n) is 3.18. The second kappa shape index (κ2) is 8.94. The molecule has 0 amide bonds. The minimum atomic E-state index is 0.248. The van der Waals surface area contributed by atoms with Crippen LogP contribution in [0.15, 0.2) is 0 Å². The van der Waals surface area contributed by atoms with Crippen LogP contribution in [0.3, 0.4) is 0 Å². The number of rotatable bonds is 8. The topological polar surface area (TPSA) is 12.5 Å². The minimum Gasteiger partial charge on any atom is -0.306 e. The van der Waals surface area contributed by atoms with Crippen molar-refractivity contribution in [3.05, 3.63) is 0 Å². The highest BCUT2D eigenvalue weighted by Gasteiger charge is 1.95. The lowest BCUT2D eigenvalue weighted by atomic mass is 10.2. The van der Waals surface area contributed by atoms with Crippen molar-refractivity contribution in [3.8, 4) is 0 Å². The van der Waals surface area contributed by atoms with Crippen LogP contribution in [0.5, 0.6) is 0 Å². The van der Waals surface area contributed by atoms with Crippen LogP contribution in [0, 0.1) is 0 Å². The van der Waals surface area contributed by atoms with E-state index in [1.54, 1.807) is 0 Å². The number of halogens is 1. The molecule has 0 spiro atoms. The molecule has 0 aliphatic heterocycles. The molecule has 0 aromatic carbocycles. The van der Waals surface area contributed by atoms with Gasteiger partial charge in [-0.2, -0.15) is 4.94 Å². The molecule has 0 N–H and O–H groups in total. The van der Waals surface area contributed by atoms with E-state index in [1.807, 2.05) is 0 Å². The summed E-state index contributed by atoms with van der Waals surface area (Å²) in [6.07, 6.45) is 4.22. The fourth-order valence-electron chi connectivity index (χ4n) is 1.21. The molecule has 0 bridgehead atoms. The number of nitrogens with zero attached hydrogens (tertiary/aromatic N) is 1. The zero-order chi connectivity index (χ0) is 9.23. The van der Waals surface area contributed by atoms with E-state index in [0.29, 0.717) is 0 Å². The van der Waals surface area contributed by atoms with E-state index in [2.05, 4.69) is 23.8 Å². The molecule has 0 fully saturated rings. The van der Waals surface area contributed by atoms with Crippen molar-refractivity contribution in [2.24, 2.45) is 0 Å². The first-order valence-corrected chi connectivity index (χ1v) is 4.73. The Balaban J connectivity index is 2.97. The molecular weight excluding hydrogens is 157 g/mol. The summed E-state index contributed by atoms with van der Waals surface area (Å²) in [7, 11) is 2.12. The first-order valence-electron chi connectivity index (χ1n) is 4.73. The highest BCUT2D eigenvalue weighted by atomic mass is 19.3. The minimum absolute atomic E-state index is 0.248. The lowest BCUT2D eigenvalue weighted by Gasteiger charge is -2.14. The fraction of sp³-hybridized carbons (Fsp3) is 1.00. The molecule has 0 radical (unpaired) electrons. The Bertz CT molecular complexity index is 90.6. The van der Waals surface area contributed by atoms with Gasteiger partial charge in [0.2, 0.25) is 0 Å². The summed E-state index contributed by atoms with van der Waals surface area (Å²) >= 11 is 0. The van der Waals surface area contributed by atoms with Crippen molar-refractivity contribution in [2.45, 2.75) is 32.6 Å². The van der Waals surface area contributed by atoms with Gasteiger partial charge in [0.25, 0.3) is 0 Å². The lowest BCUT2D eigenvalue weighted by Crippen LogP contribution is -2.20. The molecule has 0 aliphatic carbocycles. The summed E-state index contributed by atoms with van der Waals surface area (Å²) < 4.78 is 11.2. The van der Waals surface area contributed by atoms with Crippen molar-refractivity contribution in [3.63, 3.8) is 0 Å². The van der Waals surface area contributed by atoms with E-state index in [0.717, 1.165) is 32.4 Å². The van der Waals surface area contributed by atoms with E-state index in [9.17, 15) is 4.53 Å². The standard InChI is InChI=1S/C9H20FNO/c1-3-7-11(2)8-5-4-6-9-12-10/h3-9H2,1-2H3. The average molecular weight is 177 g/mol. The Morgan fingerprint density at radius 2 is 1.92 bits per heavy atom. The number of hydrogen-bond acceptors (Lipinski definition) is 2. The normalized spacial score (nSPS) is 11.0. The number of unbranched alkanes of at least 4 members (excludes halogenated alkanes) is 2. The maximum Gasteiger partial charge on any atom is 0.0876 e. The van der Waals surface area contributed by atoms with Gasteiger partial charge >= 0.3 is 0 Å². The maximum atomic E-state index is 11.2. The SMILES string of the molecule is CCCN(C)CCCCCOF. The predicted molar refractivity (Wildman–Crippen MR) is 48.7 cm³/mol. The molecule has 0 heterocycles. The molecule has 0 unspecified atom stereocenters. The van der Waals surface area contributed by atoms with Crippen LogP contribution in [-0.2, 0) is 4.94 Å². The monoisotopic (exact) mass is 177 g/mol. The average Bonchev–Trinajstić information content (AvgIpc) is 2.05. The van der Waals surface area contributed by atoms with Gasteiger partial charge in [0.05, 0.1) is 6.61 Å². The molecule has 0 saturated carbocycles. The third kappa shape index (κ3) is 7.95. The Labute approximate surface area is 74.6 Å². The Hall–Kier alpha value is -0.150. The van der Waals surface area contributed by atoms with Gasteiger partial charge in [0, 0.05) is 0 Å². The fourth-order valence-corrected chi connectivity index (χ4v) is 1.21. The van der Waals surface area contributed by atoms with Crippen molar-refractivity contribution < 1.29 is 9.47 Å². The van der Waals surface area contributed by atoms with Gasteiger partial charge in [-0.15, -0.1) is 0 Å². The summed E-state index contributed by atoms with van der Waals surface area (Å²) in [5, 5.41) is 0. The molecule has 3 heteroatoms. The molecule has 0 atom stereocenters. The Kier molecular flexibility index (Phi) is 8.83. The lowest BCUT2D eigenvalue weighted by molar-refractivity contribution is -0.133. The van der Waals surface area contributed by atoms with Crippen LogP contribution in [0.25, 0.3) is 0 Å². The quantitative estimate of drug-likeness (QED) is 0.528. The molecule has 0 aliphatic rings.